The standard InChI is InChI=1S/C46H63N9O8/c1-7-46(4,5)26-63-32-10-11-33(27(2)20-32)42(57)53-36(14-15-47)45(60)55(6)40-30-9-13-39(62-19-17-49)35(23-30)34-21-29(8-12-38(34)61-18-16-48)22-37(43(58)51-25-31-24-50-31)54-41(56)28(3)52-44(40)59/h7-13,20-21,23,28,31,36-37,40,50H,1,14-19,22,24-26,47-49H2,2-6H3,(H,51,58)(H,52,59)(H,53,57)(H,54,56)/t28-,31?,36-,37-,40-/m0/s1. The maximum absolute atomic E-state index is 14.6. The fraction of sp³-hybridized carbons (Fsp3) is 0.457. The van der Waals surface area contributed by atoms with Crippen molar-refractivity contribution in [1.29, 1.82) is 0 Å². The van der Waals surface area contributed by atoms with Crippen LogP contribution in [0.25, 0.3) is 11.1 Å². The minimum absolute atomic E-state index is 0.0363. The summed E-state index contributed by atoms with van der Waals surface area (Å²) >= 11 is 0. The van der Waals surface area contributed by atoms with Gasteiger partial charge in [0.15, 0.2) is 0 Å². The summed E-state index contributed by atoms with van der Waals surface area (Å²) in [6.07, 6.45) is 1.97. The summed E-state index contributed by atoms with van der Waals surface area (Å²) in [5, 5.41) is 14.5. The van der Waals surface area contributed by atoms with Crippen molar-refractivity contribution in [1.82, 2.24) is 31.5 Å². The van der Waals surface area contributed by atoms with Crippen LogP contribution in [-0.4, -0.2) is 118 Å². The van der Waals surface area contributed by atoms with Gasteiger partial charge in [0.2, 0.25) is 23.6 Å². The minimum Gasteiger partial charge on any atom is -0.493 e. The quantitative estimate of drug-likeness (QED) is 0.0625. The lowest BCUT2D eigenvalue weighted by Gasteiger charge is -2.32. The number of hydrogen-bond acceptors (Lipinski definition) is 12. The third-order valence-corrected chi connectivity index (χ3v) is 10.9. The van der Waals surface area contributed by atoms with Crippen LogP contribution in [0, 0.1) is 12.3 Å². The van der Waals surface area contributed by atoms with Crippen molar-refractivity contribution in [3.63, 3.8) is 0 Å². The largest absolute Gasteiger partial charge is 0.493 e. The normalized spacial score (nSPS) is 19.0. The molecule has 2 aliphatic rings. The molecule has 2 aliphatic heterocycles. The summed E-state index contributed by atoms with van der Waals surface area (Å²) in [4.78, 5) is 71.6. The first kappa shape index (κ1) is 48.0. The predicted molar refractivity (Wildman–Crippen MR) is 240 cm³/mol. The van der Waals surface area contributed by atoms with Crippen LogP contribution in [0.1, 0.15) is 60.3 Å². The number of nitrogens with one attached hydrogen (secondary N) is 5. The Morgan fingerprint density at radius 2 is 1.59 bits per heavy atom. The highest BCUT2D eigenvalue weighted by molar-refractivity contribution is 6.00. The highest BCUT2D eigenvalue weighted by Crippen LogP contribution is 2.40. The molecule has 5 rings (SSSR count). The molecule has 0 saturated carbocycles. The Hall–Kier alpha value is -6.01. The number of carbonyl (C=O) groups excluding carboxylic acids is 5. The maximum atomic E-state index is 14.6. The van der Waals surface area contributed by atoms with Gasteiger partial charge in [-0.25, -0.2) is 0 Å². The van der Waals surface area contributed by atoms with Crippen molar-refractivity contribution in [2.75, 3.05) is 59.6 Å². The SMILES string of the molecule is C=CC(C)(C)COc1ccc(C(=O)N[C@@H](CCN)C(=O)N(C)[C@@H]2C(=O)N[C@@H](C)C(=O)N[C@H](C(=O)NCC3CN3)Cc3ccc(OCCN)c(c3)-c3cc2ccc3OCCN)c(C)c1. The molecule has 4 bridgehead atoms. The van der Waals surface area contributed by atoms with E-state index in [-0.39, 0.29) is 57.1 Å². The van der Waals surface area contributed by atoms with E-state index in [9.17, 15) is 24.0 Å². The number of carbonyl (C=O) groups is 5. The Morgan fingerprint density at radius 1 is 0.921 bits per heavy atom. The summed E-state index contributed by atoms with van der Waals surface area (Å²) in [5.74, 6) is -1.42. The van der Waals surface area contributed by atoms with E-state index in [4.69, 9.17) is 31.4 Å². The zero-order valence-corrected chi connectivity index (χ0v) is 36.9. The fourth-order valence-electron chi connectivity index (χ4n) is 7.00. The second kappa shape index (κ2) is 21.9. The highest BCUT2D eigenvalue weighted by Gasteiger charge is 2.36. The Bertz CT molecular complexity index is 2140. The molecule has 1 fully saturated rings. The van der Waals surface area contributed by atoms with Gasteiger partial charge in [0, 0.05) is 67.8 Å². The van der Waals surface area contributed by atoms with Crippen molar-refractivity contribution in [2.24, 2.45) is 22.6 Å². The molecule has 0 aromatic heterocycles. The van der Waals surface area contributed by atoms with Crippen molar-refractivity contribution in [3.05, 3.63) is 89.5 Å². The first-order valence-electron chi connectivity index (χ1n) is 21.3. The van der Waals surface area contributed by atoms with Crippen molar-refractivity contribution >= 4 is 29.5 Å². The molecule has 0 radical (unpaired) electrons. The van der Waals surface area contributed by atoms with Crippen LogP contribution in [-0.2, 0) is 25.6 Å². The smallest absolute Gasteiger partial charge is 0.252 e. The van der Waals surface area contributed by atoms with Gasteiger partial charge in [-0.05, 0) is 86.0 Å². The first-order valence-corrected chi connectivity index (χ1v) is 21.3. The molecule has 340 valence electrons. The average Bonchev–Trinajstić information content (AvgIpc) is 4.10. The van der Waals surface area contributed by atoms with Crippen molar-refractivity contribution in [3.8, 4) is 28.4 Å². The first-order chi connectivity index (χ1) is 30.1. The van der Waals surface area contributed by atoms with E-state index in [0.29, 0.717) is 63.8 Å². The van der Waals surface area contributed by atoms with E-state index in [1.54, 1.807) is 55.5 Å². The van der Waals surface area contributed by atoms with E-state index in [1.165, 1.54) is 18.9 Å². The number of amides is 5. The summed E-state index contributed by atoms with van der Waals surface area (Å²) in [6.45, 7) is 13.5. The summed E-state index contributed by atoms with van der Waals surface area (Å²) in [7, 11) is 1.45. The van der Waals surface area contributed by atoms with Gasteiger partial charge in [0.1, 0.15) is 54.6 Å². The number of ether oxygens (including phenoxy) is 3. The number of benzene rings is 3. The monoisotopic (exact) mass is 869 g/mol. The van der Waals surface area contributed by atoms with Crippen LogP contribution in [0.4, 0.5) is 0 Å². The molecule has 2 heterocycles. The van der Waals surface area contributed by atoms with Gasteiger partial charge >= 0.3 is 0 Å². The van der Waals surface area contributed by atoms with Gasteiger partial charge in [-0.1, -0.05) is 32.1 Å². The highest BCUT2D eigenvalue weighted by atomic mass is 16.5. The molecule has 17 nitrogen and oxygen atoms in total. The second-order valence-electron chi connectivity index (χ2n) is 16.6. The molecule has 3 aromatic rings. The van der Waals surface area contributed by atoms with Gasteiger partial charge in [-0.3, -0.25) is 24.0 Å². The molecule has 1 saturated heterocycles. The number of hydrogen-bond donors (Lipinski definition) is 8. The summed E-state index contributed by atoms with van der Waals surface area (Å²) < 4.78 is 18.2. The number of nitrogens with zero attached hydrogens (tertiary/aromatic N) is 1. The fourth-order valence-corrected chi connectivity index (χ4v) is 7.00. The number of aryl methyl sites for hydroxylation is 1. The molecular weight excluding hydrogens is 807 g/mol. The van der Waals surface area contributed by atoms with E-state index in [2.05, 4.69) is 33.2 Å². The van der Waals surface area contributed by atoms with Gasteiger partial charge in [0.05, 0.1) is 6.61 Å². The van der Waals surface area contributed by atoms with Crippen molar-refractivity contribution in [2.45, 2.75) is 70.7 Å². The minimum atomic E-state index is -1.35. The Kier molecular flexibility index (Phi) is 16.7. The topological polar surface area (TPSA) is 264 Å². The Labute approximate surface area is 369 Å². The van der Waals surface area contributed by atoms with Crippen LogP contribution >= 0.6 is 0 Å². The van der Waals surface area contributed by atoms with Crippen LogP contribution in [0.5, 0.6) is 17.2 Å². The lowest BCUT2D eigenvalue weighted by molar-refractivity contribution is -0.141. The summed E-state index contributed by atoms with van der Waals surface area (Å²) in [5.41, 5.74) is 20.5. The van der Waals surface area contributed by atoms with Crippen LogP contribution in [0.2, 0.25) is 0 Å². The Morgan fingerprint density at radius 3 is 2.21 bits per heavy atom. The third-order valence-electron chi connectivity index (χ3n) is 10.9. The molecular formula is C46H63N9O8. The number of rotatable bonds is 19. The van der Waals surface area contributed by atoms with Crippen LogP contribution < -0.4 is 58.0 Å². The maximum Gasteiger partial charge on any atom is 0.252 e. The van der Waals surface area contributed by atoms with Gasteiger partial charge < -0.3 is 62.9 Å². The Balaban J connectivity index is 1.55. The van der Waals surface area contributed by atoms with E-state index < -0.39 is 53.7 Å². The van der Waals surface area contributed by atoms with E-state index in [0.717, 1.165) is 6.54 Å². The van der Waals surface area contributed by atoms with Crippen LogP contribution in [0.3, 0.4) is 0 Å². The van der Waals surface area contributed by atoms with Gasteiger partial charge in [0.25, 0.3) is 5.91 Å². The molecule has 5 atom stereocenters. The van der Waals surface area contributed by atoms with Crippen LogP contribution in [0.15, 0.2) is 67.3 Å². The molecule has 11 N–H and O–H groups in total. The zero-order chi connectivity index (χ0) is 45.8. The second-order valence-corrected chi connectivity index (χ2v) is 16.6. The average molecular weight is 870 g/mol. The van der Waals surface area contributed by atoms with E-state index in [1.807, 2.05) is 26.0 Å². The molecule has 17 heteroatoms. The molecule has 63 heavy (non-hydrogen) atoms. The number of likely N-dealkylation sites (N-methyl/N-ethyl adjacent to an activating group) is 1. The predicted octanol–water partition coefficient (Wildman–Crippen LogP) is 1.21. The molecule has 3 aromatic carbocycles. The summed E-state index contributed by atoms with van der Waals surface area (Å²) in [6, 6.07) is 11.0. The zero-order valence-electron chi connectivity index (χ0n) is 36.9. The number of nitrogens with two attached hydrogens (primary N) is 3. The molecule has 1 unspecified atom stereocenters. The molecule has 5 amide bonds. The lowest BCUT2D eigenvalue weighted by Crippen LogP contribution is -2.56. The molecule has 0 aliphatic carbocycles. The molecule has 0 spiro atoms. The number of fused-ring (bicyclic) bond motifs is 5. The van der Waals surface area contributed by atoms with Crippen molar-refractivity contribution < 1.29 is 38.2 Å². The van der Waals surface area contributed by atoms with E-state index >= 15 is 0 Å². The third kappa shape index (κ3) is 12.8. The van der Waals surface area contributed by atoms with Gasteiger partial charge in [-0.2, -0.15) is 0 Å². The lowest BCUT2D eigenvalue weighted by atomic mass is 9.93. The van der Waals surface area contributed by atoms with Gasteiger partial charge in [-0.15, -0.1) is 6.58 Å².